The molecular weight excluding hydrogens is 238 g/mol. The number of nitrogens with one attached hydrogen (secondary N) is 1. The molecule has 0 amide bonds. The Morgan fingerprint density at radius 3 is 2.94 bits per heavy atom. The molecule has 0 aliphatic rings. The minimum Gasteiger partial charge on any atom is -0.397 e. The van der Waals surface area contributed by atoms with E-state index in [1.807, 2.05) is 19.4 Å². The molecule has 2 aromatic heterocycles. The number of pyridine rings is 1. The van der Waals surface area contributed by atoms with Crippen LogP contribution in [0.15, 0.2) is 24.7 Å². The number of rotatable bonds is 4. The molecule has 90 valence electrons. The number of aryl methyl sites for hydroxylation is 1. The van der Waals surface area contributed by atoms with Gasteiger partial charge in [0.2, 0.25) is 0 Å². The van der Waals surface area contributed by atoms with Crippen molar-refractivity contribution in [2.45, 2.75) is 6.42 Å². The molecular formula is C11H14ClN5. The second kappa shape index (κ2) is 5.05. The number of nitrogen functional groups attached to an aromatic ring is 1. The molecule has 6 heteroatoms. The third-order valence-corrected chi connectivity index (χ3v) is 2.61. The van der Waals surface area contributed by atoms with Gasteiger partial charge < -0.3 is 11.1 Å². The van der Waals surface area contributed by atoms with Gasteiger partial charge in [-0.05, 0) is 18.1 Å². The molecule has 0 bridgehead atoms. The fraction of sp³-hybridized carbons (Fsp3) is 0.273. The number of halogens is 1. The lowest BCUT2D eigenvalue weighted by Gasteiger charge is -2.06. The first-order valence-electron chi connectivity index (χ1n) is 5.27. The standard InChI is InChI=1S/C11H14ClN5/c1-17-7-8(5-16-17)2-3-14-11-10(12)4-9(13)6-15-11/h4-7H,2-3,13H2,1H3,(H,14,15). The molecule has 0 unspecified atom stereocenters. The van der Waals surface area contributed by atoms with Gasteiger partial charge in [-0.3, -0.25) is 4.68 Å². The Morgan fingerprint density at radius 2 is 2.29 bits per heavy atom. The molecule has 2 heterocycles. The van der Waals surface area contributed by atoms with E-state index in [2.05, 4.69) is 15.4 Å². The van der Waals surface area contributed by atoms with E-state index in [9.17, 15) is 0 Å². The third-order valence-electron chi connectivity index (χ3n) is 2.33. The summed E-state index contributed by atoms with van der Waals surface area (Å²) >= 11 is 5.99. The summed E-state index contributed by atoms with van der Waals surface area (Å²) in [7, 11) is 1.90. The summed E-state index contributed by atoms with van der Waals surface area (Å²) in [6.07, 6.45) is 6.29. The highest BCUT2D eigenvalue weighted by molar-refractivity contribution is 6.33. The van der Waals surface area contributed by atoms with Crippen molar-refractivity contribution >= 4 is 23.1 Å². The predicted molar refractivity (Wildman–Crippen MR) is 69.1 cm³/mol. The van der Waals surface area contributed by atoms with Crippen LogP contribution in [0.4, 0.5) is 11.5 Å². The normalized spacial score (nSPS) is 10.5. The van der Waals surface area contributed by atoms with Crippen LogP contribution in [0.5, 0.6) is 0 Å². The van der Waals surface area contributed by atoms with Crippen LogP contribution in [-0.4, -0.2) is 21.3 Å². The third kappa shape index (κ3) is 3.10. The summed E-state index contributed by atoms with van der Waals surface area (Å²) in [6.45, 7) is 0.752. The molecule has 3 N–H and O–H groups in total. The van der Waals surface area contributed by atoms with Crippen molar-refractivity contribution in [3.8, 4) is 0 Å². The Balaban J connectivity index is 1.90. The highest BCUT2D eigenvalue weighted by atomic mass is 35.5. The van der Waals surface area contributed by atoms with E-state index in [-0.39, 0.29) is 0 Å². The van der Waals surface area contributed by atoms with Crippen molar-refractivity contribution in [2.24, 2.45) is 7.05 Å². The van der Waals surface area contributed by atoms with Gasteiger partial charge >= 0.3 is 0 Å². The SMILES string of the molecule is Cn1cc(CCNc2ncc(N)cc2Cl)cn1. The number of nitrogens with two attached hydrogens (primary N) is 1. The summed E-state index contributed by atoms with van der Waals surface area (Å²) in [5.74, 6) is 0.657. The number of hydrogen-bond acceptors (Lipinski definition) is 4. The molecule has 0 aromatic carbocycles. The molecule has 0 saturated carbocycles. The van der Waals surface area contributed by atoms with Gasteiger partial charge in [-0.2, -0.15) is 5.10 Å². The van der Waals surface area contributed by atoms with Crippen LogP contribution in [0.1, 0.15) is 5.56 Å². The second-order valence-corrected chi connectivity index (χ2v) is 4.21. The summed E-state index contributed by atoms with van der Waals surface area (Å²) in [5, 5.41) is 7.80. The number of hydrogen-bond donors (Lipinski definition) is 2. The minimum absolute atomic E-state index is 0.538. The monoisotopic (exact) mass is 251 g/mol. The summed E-state index contributed by atoms with van der Waals surface area (Å²) in [4.78, 5) is 4.13. The maximum Gasteiger partial charge on any atom is 0.144 e. The van der Waals surface area contributed by atoms with E-state index in [1.165, 1.54) is 5.56 Å². The van der Waals surface area contributed by atoms with Gasteiger partial charge in [0.25, 0.3) is 0 Å². The summed E-state index contributed by atoms with van der Waals surface area (Å²) in [5.41, 5.74) is 7.30. The topological polar surface area (TPSA) is 68.8 Å². The maximum atomic E-state index is 5.99. The predicted octanol–water partition coefficient (Wildman–Crippen LogP) is 1.71. The van der Waals surface area contributed by atoms with E-state index < -0.39 is 0 Å². The first-order chi connectivity index (χ1) is 8.15. The van der Waals surface area contributed by atoms with E-state index in [4.69, 9.17) is 17.3 Å². The lowest BCUT2D eigenvalue weighted by Crippen LogP contribution is -2.06. The molecule has 0 aliphatic heterocycles. The van der Waals surface area contributed by atoms with Gasteiger partial charge in [-0.1, -0.05) is 11.6 Å². The average Bonchev–Trinajstić information content (AvgIpc) is 2.68. The molecule has 0 radical (unpaired) electrons. The first kappa shape index (κ1) is 11.7. The van der Waals surface area contributed by atoms with Crippen molar-refractivity contribution in [3.63, 3.8) is 0 Å². The van der Waals surface area contributed by atoms with Crippen LogP contribution >= 0.6 is 11.6 Å². The lowest BCUT2D eigenvalue weighted by molar-refractivity contribution is 0.767. The quantitative estimate of drug-likeness (QED) is 0.868. The van der Waals surface area contributed by atoms with E-state index in [1.54, 1.807) is 16.9 Å². The van der Waals surface area contributed by atoms with Crippen molar-refractivity contribution in [1.82, 2.24) is 14.8 Å². The summed E-state index contributed by atoms with van der Waals surface area (Å²) in [6, 6.07) is 1.68. The van der Waals surface area contributed by atoms with E-state index in [0.717, 1.165) is 13.0 Å². The maximum absolute atomic E-state index is 5.99. The molecule has 0 fully saturated rings. The average molecular weight is 252 g/mol. The van der Waals surface area contributed by atoms with E-state index in [0.29, 0.717) is 16.5 Å². The molecule has 0 spiro atoms. The van der Waals surface area contributed by atoms with E-state index >= 15 is 0 Å². The largest absolute Gasteiger partial charge is 0.397 e. The van der Waals surface area contributed by atoms with Crippen molar-refractivity contribution in [1.29, 1.82) is 0 Å². The van der Waals surface area contributed by atoms with Crippen LogP contribution in [0.25, 0.3) is 0 Å². The number of aromatic nitrogens is 3. The zero-order chi connectivity index (χ0) is 12.3. The molecule has 0 atom stereocenters. The van der Waals surface area contributed by atoms with Gasteiger partial charge in [-0.15, -0.1) is 0 Å². The Hall–Kier alpha value is -1.75. The Bertz CT molecular complexity index is 508. The Morgan fingerprint density at radius 1 is 1.47 bits per heavy atom. The number of nitrogens with zero attached hydrogens (tertiary/aromatic N) is 3. The Labute approximate surface area is 105 Å². The van der Waals surface area contributed by atoms with Crippen LogP contribution in [-0.2, 0) is 13.5 Å². The highest BCUT2D eigenvalue weighted by Crippen LogP contribution is 2.20. The zero-order valence-electron chi connectivity index (χ0n) is 9.52. The Kier molecular flexibility index (Phi) is 3.49. The van der Waals surface area contributed by atoms with Crippen molar-refractivity contribution in [3.05, 3.63) is 35.2 Å². The van der Waals surface area contributed by atoms with Crippen LogP contribution in [0.3, 0.4) is 0 Å². The van der Waals surface area contributed by atoms with Crippen molar-refractivity contribution in [2.75, 3.05) is 17.6 Å². The van der Waals surface area contributed by atoms with Gasteiger partial charge in [0.05, 0.1) is 23.1 Å². The van der Waals surface area contributed by atoms with Gasteiger partial charge in [0, 0.05) is 19.8 Å². The molecule has 2 rings (SSSR count). The molecule has 5 nitrogen and oxygen atoms in total. The summed E-state index contributed by atoms with van der Waals surface area (Å²) < 4.78 is 1.78. The van der Waals surface area contributed by atoms with Crippen LogP contribution < -0.4 is 11.1 Å². The lowest BCUT2D eigenvalue weighted by atomic mass is 10.2. The fourth-order valence-electron chi connectivity index (χ4n) is 1.51. The zero-order valence-corrected chi connectivity index (χ0v) is 10.3. The van der Waals surface area contributed by atoms with Crippen molar-refractivity contribution < 1.29 is 0 Å². The fourth-order valence-corrected chi connectivity index (χ4v) is 1.75. The minimum atomic E-state index is 0.538. The van der Waals surface area contributed by atoms with Gasteiger partial charge in [-0.25, -0.2) is 4.98 Å². The van der Waals surface area contributed by atoms with Gasteiger partial charge in [0.1, 0.15) is 5.82 Å². The second-order valence-electron chi connectivity index (χ2n) is 3.80. The molecule has 2 aromatic rings. The van der Waals surface area contributed by atoms with Crippen LogP contribution in [0, 0.1) is 0 Å². The van der Waals surface area contributed by atoms with Gasteiger partial charge in [0.15, 0.2) is 0 Å². The van der Waals surface area contributed by atoms with Crippen LogP contribution in [0.2, 0.25) is 5.02 Å². The molecule has 0 saturated heterocycles. The number of anilines is 2. The highest BCUT2D eigenvalue weighted by Gasteiger charge is 2.02. The molecule has 17 heavy (non-hydrogen) atoms. The first-order valence-corrected chi connectivity index (χ1v) is 5.65. The smallest absolute Gasteiger partial charge is 0.144 e. The molecule has 0 aliphatic carbocycles.